The number of sulfonamides is 1. The number of benzene rings is 2. The summed E-state index contributed by atoms with van der Waals surface area (Å²) in [6.07, 6.45) is 0. The number of ether oxygens (including phenoxy) is 3. The maximum atomic E-state index is 13.4. The van der Waals surface area contributed by atoms with Crippen molar-refractivity contribution in [2.45, 2.75) is 10.9 Å². The molecular formula is C27H33N3O8S. The van der Waals surface area contributed by atoms with E-state index in [0.29, 0.717) is 49.9 Å². The topological polar surface area (TPSA) is 126 Å². The molecule has 0 spiro atoms. The van der Waals surface area contributed by atoms with Gasteiger partial charge in [-0.2, -0.15) is 0 Å². The molecule has 11 nitrogen and oxygen atoms in total. The summed E-state index contributed by atoms with van der Waals surface area (Å²) >= 11 is 0. The number of rotatable bonds is 9. The Morgan fingerprint density at radius 3 is 2.28 bits per heavy atom. The van der Waals surface area contributed by atoms with Crippen LogP contribution in [0.3, 0.4) is 0 Å². The van der Waals surface area contributed by atoms with Gasteiger partial charge in [0.25, 0.3) is 11.7 Å². The highest BCUT2D eigenvalue weighted by Crippen LogP contribution is 2.43. The molecule has 2 aromatic carbocycles. The number of amides is 1. The Morgan fingerprint density at radius 1 is 1.03 bits per heavy atom. The van der Waals surface area contributed by atoms with E-state index in [9.17, 15) is 23.1 Å². The first-order valence-corrected chi connectivity index (χ1v) is 13.9. The van der Waals surface area contributed by atoms with Crippen molar-refractivity contribution >= 4 is 27.5 Å². The third-order valence-electron chi connectivity index (χ3n) is 6.94. The zero-order valence-corrected chi connectivity index (χ0v) is 23.2. The highest BCUT2D eigenvalue weighted by atomic mass is 32.2. The Kier molecular flexibility index (Phi) is 8.60. The van der Waals surface area contributed by atoms with Crippen LogP contribution in [-0.2, 0) is 24.3 Å². The van der Waals surface area contributed by atoms with Crippen molar-refractivity contribution < 1.29 is 37.3 Å². The molecule has 0 radical (unpaired) electrons. The lowest BCUT2D eigenvalue weighted by molar-refractivity contribution is -0.140. The van der Waals surface area contributed by atoms with Crippen LogP contribution in [0.15, 0.2) is 52.9 Å². The van der Waals surface area contributed by atoms with Crippen LogP contribution in [0.1, 0.15) is 17.2 Å². The van der Waals surface area contributed by atoms with Crippen LogP contribution in [0.25, 0.3) is 5.76 Å². The number of Topliss-reactive ketones (excluding diaryl/α,β-unsaturated/α-hetero) is 1. The molecule has 4 rings (SSSR count). The molecule has 1 unspecified atom stereocenters. The lowest BCUT2D eigenvalue weighted by atomic mass is 9.94. The smallest absolute Gasteiger partial charge is 0.295 e. The highest BCUT2D eigenvalue weighted by Gasteiger charge is 2.47. The van der Waals surface area contributed by atoms with E-state index in [1.54, 1.807) is 18.2 Å². The number of aliphatic hydroxyl groups excluding tert-OH is 1. The Hall–Kier alpha value is -3.45. The maximum absolute atomic E-state index is 13.4. The summed E-state index contributed by atoms with van der Waals surface area (Å²) in [5.74, 6) is -1.06. The van der Waals surface area contributed by atoms with Crippen LogP contribution >= 0.6 is 0 Å². The van der Waals surface area contributed by atoms with E-state index in [2.05, 4.69) is 4.90 Å². The van der Waals surface area contributed by atoms with Crippen molar-refractivity contribution in [1.29, 1.82) is 0 Å². The van der Waals surface area contributed by atoms with Crippen LogP contribution in [0.2, 0.25) is 0 Å². The van der Waals surface area contributed by atoms with Crippen LogP contribution in [-0.4, -0.2) is 107 Å². The molecule has 0 aliphatic carbocycles. The second kappa shape index (κ2) is 11.7. The van der Waals surface area contributed by atoms with E-state index in [-0.39, 0.29) is 22.6 Å². The molecule has 0 aromatic heterocycles. The number of carbonyl (C=O) groups excluding carboxylic acids is 2. The number of methoxy groups -OCH3 is 2. The average molecular weight is 560 g/mol. The van der Waals surface area contributed by atoms with Crippen molar-refractivity contribution in [3.8, 4) is 11.5 Å². The molecular weight excluding hydrogens is 526 g/mol. The van der Waals surface area contributed by atoms with Gasteiger partial charge in [0.05, 0.1) is 43.9 Å². The van der Waals surface area contributed by atoms with E-state index >= 15 is 0 Å². The Balaban J connectivity index is 1.79. The average Bonchev–Trinajstić information content (AvgIpc) is 3.20. The molecule has 2 saturated heterocycles. The standard InChI is InChI=1S/C27H33N3O8S/c1-28(2)39(34,35)20-8-5-18(6-9-20)25(31)23-24(21-10-7-19(36-3)17-22(21)37-4)30(27(33)26(23)32)12-11-29-13-15-38-16-14-29/h5-10,17,24,31H,11-16H2,1-4H3. The number of hydrogen-bond donors (Lipinski definition) is 1. The molecule has 1 atom stereocenters. The fraction of sp³-hybridized carbons (Fsp3) is 0.407. The summed E-state index contributed by atoms with van der Waals surface area (Å²) in [5, 5.41) is 11.4. The first-order chi connectivity index (χ1) is 18.6. The van der Waals surface area contributed by atoms with Gasteiger partial charge >= 0.3 is 0 Å². The molecule has 0 bridgehead atoms. The third kappa shape index (κ3) is 5.64. The summed E-state index contributed by atoms with van der Waals surface area (Å²) in [7, 11) is 2.14. The zero-order chi connectivity index (χ0) is 28.3. The highest BCUT2D eigenvalue weighted by molar-refractivity contribution is 7.89. The third-order valence-corrected chi connectivity index (χ3v) is 8.77. The lowest BCUT2D eigenvalue weighted by Crippen LogP contribution is -2.42. The number of hydrogen-bond acceptors (Lipinski definition) is 9. The minimum Gasteiger partial charge on any atom is -0.507 e. The number of nitrogens with zero attached hydrogens (tertiary/aromatic N) is 3. The van der Waals surface area contributed by atoms with Gasteiger partial charge in [0, 0.05) is 57.5 Å². The molecule has 1 N–H and O–H groups in total. The minimum atomic E-state index is -3.69. The van der Waals surface area contributed by atoms with Gasteiger partial charge in [0.1, 0.15) is 17.3 Å². The maximum Gasteiger partial charge on any atom is 0.295 e. The number of carbonyl (C=O) groups is 2. The van der Waals surface area contributed by atoms with Crippen molar-refractivity contribution in [3.05, 3.63) is 59.2 Å². The van der Waals surface area contributed by atoms with Crippen LogP contribution in [0.5, 0.6) is 11.5 Å². The summed E-state index contributed by atoms with van der Waals surface area (Å²) in [6, 6.07) is 9.64. The largest absolute Gasteiger partial charge is 0.507 e. The second-order valence-electron chi connectivity index (χ2n) is 9.37. The summed E-state index contributed by atoms with van der Waals surface area (Å²) < 4.78 is 42.3. The summed E-state index contributed by atoms with van der Waals surface area (Å²) in [5.41, 5.74) is 0.609. The lowest BCUT2D eigenvalue weighted by Gasteiger charge is -2.31. The van der Waals surface area contributed by atoms with E-state index in [1.165, 1.54) is 57.5 Å². The predicted octanol–water partition coefficient (Wildman–Crippen LogP) is 1.71. The number of ketones is 1. The summed E-state index contributed by atoms with van der Waals surface area (Å²) in [6.45, 7) is 3.36. The molecule has 2 aliphatic heterocycles. The van der Waals surface area contributed by atoms with Crippen molar-refractivity contribution in [2.75, 3.05) is 67.7 Å². The molecule has 39 heavy (non-hydrogen) atoms. The number of likely N-dealkylation sites (tertiary alicyclic amines) is 1. The van der Waals surface area contributed by atoms with Crippen molar-refractivity contribution in [1.82, 2.24) is 14.1 Å². The van der Waals surface area contributed by atoms with Gasteiger partial charge < -0.3 is 24.2 Å². The summed E-state index contributed by atoms with van der Waals surface area (Å²) in [4.78, 5) is 30.3. The van der Waals surface area contributed by atoms with Crippen LogP contribution in [0.4, 0.5) is 0 Å². The number of morpholine rings is 1. The molecule has 2 aliphatic rings. The molecule has 0 saturated carbocycles. The molecule has 2 aromatic rings. The van der Waals surface area contributed by atoms with Crippen molar-refractivity contribution in [3.63, 3.8) is 0 Å². The Labute approximate surface area is 228 Å². The molecule has 1 amide bonds. The van der Waals surface area contributed by atoms with Crippen LogP contribution < -0.4 is 9.47 Å². The van der Waals surface area contributed by atoms with E-state index in [4.69, 9.17) is 14.2 Å². The zero-order valence-electron chi connectivity index (χ0n) is 22.4. The normalized spacial score (nSPS) is 20.0. The SMILES string of the molecule is COc1ccc(C2C(=C(O)c3ccc(S(=O)(=O)N(C)C)cc3)C(=O)C(=O)N2CCN2CCOCC2)c(OC)c1. The van der Waals surface area contributed by atoms with Crippen LogP contribution in [0, 0.1) is 0 Å². The first kappa shape index (κ1) is 28.6. The van der Waals surface area contributed by atoms with Gasteiger partial charge in [-0.05, 0) is 36.4 Å². The van der Waals surface area contributed by atoms with Gasteiger partial charge in [0.2, 0.25) is 10.0 Å². The van der Waals surface area contributed by atoms with Gasteiger partial charge in [-0.25, -0.2) is 12.7 Å². The fourth-order valence-electron chi connectivity index (χ4n) is 4.70. The minimum absolute atomic E-state index is 0.0309. The Morgan fingerprint density at radius 2 is 1.69 bits per heavy atom. The molecule has 12 heteroatoms. The fourth-order valence-corrected chi connectivity index (χ4v) is 5.60. The molecule has 2 heterocycles. The van der Waals surface area contributed by atoms with E-state index in [0.717, 1.165) is 4.31 Å². The quantitative estimate of drug-likeness (QED) is 0.278. The van der Waals surface area contributed by atoms with Gasteiger partial charge in [-0.1, -0.05) is 0 Å². The number of aliphatic hydroxyl groups is 1. The van der Waals surface area contributed by atoms with Crippen molar-refractivity contribution in [2.24, 2.45) is 0 Å². The Bertz CT molecular complexity index is 1370. The van der Waals surface area contributed by atoms with E-state index in [1.807, 2.05) is 0 Å². The first-order valence-electron chi connectivity index (χ1n) is 12.4. The monoisotopic (exact) mass is 559 g/mol. The van der Waals surface area contributed by atoms with E-state index < -0.39 is 33.5 Å². The van der Waals surface area contributed by atoms with Gasteiger partial charge in [-0.3, -0.25) is 14.5 Å². The molecule has 2 fully saturated rings. The molecule has 210 valence electrons. The second-order valence-corrected chi connectivity index (χ2v) is 11.5. The van der Waals surface area contributed by atoms with Gasteiger partial charge in [0.15, 0.2) is 0 Å². The van der Waals surface area contributed by atoms with Gasteiger partial charge in [-0.15, -0.1) is 0 Å². The predicted molar refractivity (Wildman–Crippen MR) is 143 cm³/mol.